The Balaban J connectivity index is 1.99. The van der Waals surface area contributed by atoms with E-state index in [1.807, 2.05) is 0 Å². The van der Waals surface area contributed by atoms with Crippen LogP contribution >= 0.6 is 0 Å². The van der Waals surface area contributed by atoms with Crippen molar-refractivity contribution in [3.63, 3.8) is 0 Å². The molecule has 0 aromatic rings. The van der Waals surface area contributed by atoms with Gasteiger partial charge in [-0.15, -0.1) is 0 Å². The molecule has 1 saturated heterocycles. The molecule has 0 radical (unpaired) electrons. The summed E-state index contributed by atoms with van der Waals surface area (Å²) in [6.45, 7) is 9.60. The molecule has 1 saturated carbocycles. The summed E-state index contributed by atoms with van der Waals surface area (Å²) < 4.78 is 0. The van der Waals surface area contributed by atoms with Crippen LogP contribution in [0.4, 0.5) is 0 Å². The largest absolute Gasteiger partial charge is 0.326 e. The van der Waals surface area contributed by atoms with Crippen molar-refractivity contribution in [3.8, 4) is 0 Å². The highest BCUT2D eigenvalue weighted by molar-refractivity contribution is 5.88. The first kappa shape index (κ1) is 15.8. The highest BCUT2D eigenvalue weighted by Gasteiger charge is 2.46. The summed E-state index contributed by atoms with van der Waals surface area (Å²) >= 11 is 0. The molecule has 2 atom stereocenters. The molecule has 2 aliphatic rings. The van der Waals surface area contributed by atoms with Gasteiger partial charge in [-0.2, -0.15) is 0 Å². The molecular formula is C17H32N2O. The molecule has 2 rings (SSSR count). The fourth-order valence-corrected chi connectivity index (χ4v) is 3.73. The highest BCUT2D eigenvalue weighted by Crippen LogP contribution is 2.31. The maximum Gasteiger partial charge on any atom is 0.243 e. The molecule has 0 aromatic heterocycles. The van der Waals surface area contributed by atoms with Crippen molar-refractivity contribution in [2.75, 3.05) is 6.54 Å². The van der Waals surface area contributed by atoms with Gasteiger partial charge in [-0.05, 0) is 38.0 Å². The van der Waals surface area contributed by atoms with E-state index in [0.29, 0.717) is 11.8 Å². The Bertz CT molecular complexity index is 336. The maximum atomic E-state index is 12.7. The Kier molecular flexibility index (Phi) is 5.11. The third-order valence-corrected chi connectivity index (χ3v) is 5.25. The van der Waals surface area contributed by atoms with Gasteiger partial charge in [-0.25, -0.2) is 0 Å². The standard InChI is InChI=1S/C17H32N2O/c1-5-17(4)16(20)19(15(18-17)12-13(2)3)11-10-14-8-6-7-9-14/h13-15,18H,5-12H2,1-4H3. The Hall–Kier alpha value is -0.570. The van der Waals surface area contributed by atoms with Gasteiger partial charge in [0.25, 0.3) is 0 Å². The first-order chi connectivity index (χ1) is 9.46. The van der Waals surface area contributed by atoms with Crippen LogP contribution in [0, 0.1) is 11.8 Å². The zero-order chi connectivity index (χ0) is 14.8. The van der Waals surface area contributed by atoms with Gasteiger partial charge in [0, 0.05) is 6.54 Å². The maximum absolute atomic E-state index is 12.7. The van der Waals surface area contributed by atoms with Gasteiger partial charge in [0.15, 0.2) is 0 Å². The Morgan fingerprint density at radius 2 is 2.00 bits per heavy atom. The van der Waals surface area contributed by atoms with Crippen molar-refractivity contribution in [2.24, 2.45) is 11.8 Å². The van der Waals surface area contributed by atoms with Crippen LogP contribution in [0.25, 0.3) is 0 Å². The number of carbonyl (C=O) groups excluding carboxylic acids is 1. The summed E-state index contributed by atoms with van der Waals surface area (Å²) in [7, 11) is 0. The van der Waals surface area contributed by atoms with Crippen LogP contribution in [0.1, 0.15) is 72.6 Å². The molecule has 116 valence electrons. The minimum atomic E-state index is -0.338. The second-order valence-electron chi connectivity index (χ2n) is 7.41. The van der Waals surface area contributed by atoms with Gasteiger partial charge >= 0.3 is 0 Å². The summed E-state index contributed by atoms with van der Waals surface area (Å²) in [5.41, 5.74) is -0.338. The van der Waals surface area contributed by atoms with Crippen molar-refractivity contribution >= 4 is 5.91 Å². The molecule has 3 heteroatoms. The number of hydrogen-bond donors (Lipinski definition) is 1. The fraction of sp³-hybridized carbons (Fsp3) is 0.941. The van der Waals surface area contributed by atoms with Crippen LogP contribution in [0.15, 0.2) is 0 Å². The first-order valence-corrected chi connectivity index (χ1v) is 8.55. The average Bonchev–Trinajstić information content (AvgIpc) is 2.97. The van der Waals surface area contributed by atoms with Crippen molar-refractivity contribution in [1.29, 1.82) is 0 Å². The summed E-state index contributed by atoms with van der Waals surface area (Å²) in [6, 6.07) is 0. The molecule has 3 nitrogen and oxygen atoms in total. The Morgan fingerprint density at radius 1 is 1.35 bits per heavy atom. The van der Waals surface area contributed by atoms with Crippen molar-refractivity contribution in [1.82, 2.24) is 10.2 Å². The number of hydrogen-bond acceptors (Lipinski definition) is 2. The average molecular weight is 280 g/mol. The van der Waals surface area contributed by atoms with Gasteiger partial charge in [-0.3, -0.25) is 10.1 Å². The van der Waals surface area contributed by atoms with Gasteiger partial charge in [0.2, 0.25) is 5.91 Å². The molecule has 2 unspecified atom stereocenters. The molecule has 0 aromatic carbocycles. The number of nitrogens with one attached hydrogen (secondary N) is 1. The number of nitrogens with zero attached hydrogens (tertiary/aromatic N) is 1. The second kappa shape index (κ2) is 6.46. The van der Waals surface area contributed by atoms with E-state index in [-0.39, 0.29) is 11.7 Å². The normalized spacial score (nSPS) is 31.8. The zero-order valence-corrected chi connectivity index (χ0v) is 13.7. The van der Waals surface area contributed by atoms with Crippen LogP contribution in [-0.2, 0) is 4.79 Å². The summed E-state index contributed by atoms with van der Waals surface area (Å²) in [5, 5.41) is 3.60. The van der Waals surface area contributed by atoms with Gasteiger partial charge in [0.05, 0.1) is 11.7 Å². The Labute approximate surface area is 124 Å². The van der Waals surface area contributed by atoms with E-state index in [1.165, 1.54) is 32.1 Å². The molecule has 2 fully saturated rings. The van der Waals surface area contributed by atoms with E-state index in [1.54, 1.807) is 0 Å². The molecule has 1 aliphatic heterocycles. The molecule has 1 amide bonds. The van der Waals surface area contributed by atoms with Gasteiger partial charge in [0.1, 0.15) is 0 Å². The number of amides is 1. The lowest BCUT2D eigenvalue weighted by molar-refractivity contribution is -0.133. The van der Waals surface area contributed by atoms with E-state index >= 15 is 0 Å². The van der Waals surface area contributed by atoms with Crippen LogP contribution in [0.5, 0.6) is 0 Å². The highest BCUT2D eigenvalue weighted by atomic mass is 16.2. The topological polar surface area (TPSA) is 32.3 Å². The van der Waals surface area contributed by atoms with Crippen molar-refractivity contribution in [2.45, 2.75) is 84.3 Å². The molecule has 1 N–H and O–H groups in total. The van der Waals surface area contributed by atoms with E-state index in [2.05, 4.69) is 37.9 Å². The molecular weight excluding hydrogens is 248 g/mol. The van der Waals surface area contributed by atoms with Crippen LogP contribution < -0.4 is 5.32 Å². The van der Waals surface area contributed by atoms with Crippen molar-refractivity contribution in [3.05, 3.63) is 0 Å². The predicted octanol–water partition coefficient (Wildman–Crippen LogP) is 3.54. The number of rotatable bonds is 6. The fourth-order valence-electron chi connectivity index (χ4n) is 3.73. The SMILES string of the molecule is CCC1(C)NC(CC(C)C)N(CCC2CCCC2)C1=O. The zero-order valence-electron chi connectivity index (χ0n) is 13.7. The molecule has 1 aliphatic carbocycles. The lowest BCUT2D eigenvalue weighted by Crippen LogP contribution is -2.44. The molecule has 0 bridgehead atoms. The lowest BCUT2D eigenvalue weighted by Gasteiger charge is -2.26. The third-order valence-electron chi connectivity index (χ3n) is 5.25. The summed E-state index contributed by atoms with van der Waals surface area (Å²) in [6.07, 6.45) is 8.89. The first-order valence-electron chi connectivity index (χ1n) is 8.55. The lowest BCUT2D eigenvalue weighted by atomic mass is 9.99. The molecule has 0 spiro atoms. The van der Waals surface area contributed by atoms with E-state index in [9.17, 15) is 4.79 Å². The smallest absolute Gasteiger partial charge is 0.243 e. The molecule has 1 heterocycles. The van der Waals surface area contributed by atoms with E-state index in [0.717, 1.165) is 25.3 Å². The van der Waals surface area contributed by atoms with Crippen LogP contribution in [0.2, 0.25) is 0 Å². The minimum absolute atomic E-state index is 0.244. The van der Waals surface area contributed by atoms with E-state index < -0.39 is 0 Å². The third kappa shape index (κ3) is 3.36. The predicted molar refractivity (Wildman–Crippen MR) is 83.4 cm³/mol. The number of carbonyl (C=O) groups is 1. The Morgan fingerprint density at radius 3 is 2.55 bits per heavy atom. The van der Waals surface area contributed by atoms with Crippen LogP contribution in [0.3, 0.4) is 0 Å². The van der Waals surface area contributed by atoms with Crippen LogP contribution in [-0.4, -0.2) is 29.1 Å². The van der Waals surface area contributed by atoms with Crippen molar-refractivity contribution < 1.29 is 4.79 Å². The molecule has 20 heavy (non-hydrogen) atoms. The summed E-state index contributed by atoms with van der Waals surface area (Å²) in [4.78, 5) is 14.9. The minimum Gasteiger partial charge on any atom is -0.326 e. The van der Waals surface area contributed by atoms with E-state index in [4.69, 9.17) is 0 Å². The quantitative estimate of drug-likeness (QED) is 0.807. The monoisotopic (exact) mass is 280 g/mol. The second-order valence-corrected chi connectivity index (χ2v) is 7.41. The van der Waals surface area contributed by atoms with Gasteiger partial charge < -0.3 is 4.90 Å². The summed E-state index contributed by atoms with van der Waals surface area (Å²) in [5.74, 6) is 1.80. The van der Waals surface area contributed by atoms with Gasteiger partial charge in [-0.1, -0.05) is 46.5 Å².